The van der Waals surface area contributed by atoms with Crippen molar-refractivity contribution >= 4 is 44.6 Å². The molecule has 1 fully saturated rings. The van der Waals surface area contributed by atoms with Gasteiger partial charge in [0.25, 0.3) is 10.0 Å². The van der Waals surface area contributed by atoms with E-state index in [2.05, 4.69) is 5.32 Å². The molecule has 3 aromatic rings. The molecule has 0 amide bonds. The van der Waals surface area contributed by atoms with Gasteiger partial charge in [-0.15, -0.1) is 0 Å². The summed E-state index contributed by atoms with van der Waals surface area (Å²) in [4.78, 5) is 0. The van der Waals surface area contributed by atoms with Gasteiger partial charge in [0.1, 0.15) is 11.4 Å². The highest BCUT2D eigenvalue weighted by Gasteiger charge is 2.36. The van der Waals surface area contributed by atoms with Gasteiger partial charge in [0.05, 0.1) is 27.5 Å². The normalized spacial score (nSPS) is 17.4. The summed E-state index contributed by atoms with van der Waals surface area (Å²) >= 11 is 12.6. The van der Waals surface area contributed by atoms with Gasteiger partial charge in [-0.2, -0.15) is 5.10 Å². The number of anilines is 1. The van der Waals surface area contributed by atoms with Crippen molar-refractivity contribution in [3.8, 4) is 16.9 Å². The summed E-state index contributed by atoms with van der Waals surface area (Å²) in [5.41, 5.74) is 3.65. The number of hydrogen-bond acceptors (Lipinski definition) is 4. The Labute approximate surface area is 184 Å². The fourth-order valence-corrected chi connectivity index (χ4v) is 4.92. The van der Waals surface area contributed by atoms with E-state index in [-0.39, 0.29) is 6.04 Å². The van der Waals surface area contributed by atoms with E-state index in [1.54, 1.807) is 22.9 Å². The summed E-state index contributed by atoms with van der Waals surface area (Å²) in [5, 5.41) is 10.5. The Morgan fingerprint density at radius 2 is 1.77 bits per heavy atom. The molecule has 0 unspecified atom stereocenters. The maximum atomic E-state index is 12.9. The minimum absolute atomic E-state index is 0.271. The zero-order chi connectivity index (χ0) is 21.0. The predicted octanol–water partition coefficient (Wildman–Crippen LogP) is 4.68. The van der Waals surface area contributed by atoms with E-state index in [4.69, 9.17) is 28.3 Å². The van der Waals surface area contributed by atoms with Crippen molar-refractivity contribution in [3.05, 3.63) is 69.7 Å². The van der Waals surface area contributed by atoms with Crippen LogP contribution in [-0.4, -0.2) is 31.3 Å². The summed E-state index contributed by atoms with van der Waals surface area (Å²) in [6, 6.07) is 14.8. The molecular formula is C21H18Cl2N4O2S. The number of aromatic nitrogens is 2. The van der Waals surface area contributed by atoms with Gasteiger partial charge in [0, 0.05) is 23.7 Å². The molecule has 2 aliphatic rings. The first-order valence-corrected chi connectivity index (χ1v) is 11.7. The Bertz CT molecular complexity index is 1280. The smallest absolute Gasteiger partial charge is 0.259 e. The lowest BCUT2D eigenvalue weighted by atomic mass is 10.1. The lowest BCUT2D eigenvalue weighted by Gasteiger charge is -2.25. The van der Waals surface area contributed by atoms with Crippen molar-refractivity contribution in [2.45, 2.75) is 18.9 Å². The van der Waals surface area contributed by atoms with Gasteiger partial charge in [0.15, 0.2) is 0 Å². The second-order valence-electron chi connectivity index (χ2n) is 7.38. The first-order chi connectivity index (χ1) is 14.3. The van der Waals surface area contributed by atoms with E-state index in [1.807, 2.05) is 30.3 Å². The van der Waals surface area contributed by atoms with Gasteiger partial charge in [0.2, 0.25) is 0 Å². The first-order valence-electron chi connectivity index (χ1n) is 9.46. The monoisotopic (exact) mass is 460 g/mol. The number of hydrogen-bond donors (Lipinski definition) is 1. The molecule has 1 aliphatic heterocycles. The predicted molar refractivity (Wildman–Crippen MR) is 120 cm³/mol. The van der Waals surface area contributed by atoms with E-state index >= 15 is 0 Å². The maximum Gasteiger partial charge on any atom is 0.259 e. The Morgan fingerprint density at radius 1 is 1.07 bits per heavy atom. The van der Waals surface area contributed by atoms with Crippen molar-refractivity contribution in [2.24, 2.45) is 0 Å². The molecule has 0 atom stereocenters. The fourth-order valence-electron chi connectivity index (χ4n) is 3.52. The number of fused-ring (bicyclic) bond motifs is 1. The number of nitrogens with zero attached hydrogens (tertiary/aromatic N) is 3. The molecule has 0 spiro atoms. The van der Waals surface area contributed by atoms with E-state index in [0.29, 0.717) is 38.5 Å². The van der Waals surface area contributed by atoms with Crippen LogP contribution >= 0.6 is 23.2 Å². The molecule has 2 aromatic carbocycles. The minimum atomic E-state index is -3.66. The zero-order valence-electron chi connectivity index (χ0n) is 16.0. The molecule has 2 heterocycles. The summed E-state index contributed by atoms with van der Waals surface area (Å²) in [5.74, 6) is 0. The molecule has 0 saturated heterocycles. The zero-order valence-corrected chi connectivity index (χ0v) is 18.3. The van der Waals surface area contributed by atoms with Crippen LogP contribution in [0.3, 0.4) is 0 Å². The van der Waals surface area contributed by atoms with Gasteiger partial charge in [-0.25, -0.2) is 13.1 Å². The highest BCUT2D eigenvalue weighted by molar-refractivity contribution is 7.95. The average molecular weight is 461 g/mol. The van der Waals surface area contributed by atoms with Gasteiger partial charge in [-0.05, 0) is 37.1 Å². The largest absolute Gasteiger partial charge is 0.380 e. The molecule has 1 saturated carbocycles. The molecule has 1 aromatic heterocycles. The quantitative estimate of drug-likeness (QED) is 0.613. The van der Waals surface area contributed by atoms with Gasteiger partial charge in [-0.1, -0.05) is 47.5 Å². The van der Waals surface area contributed by atoms with Crippen LogP contribution in [0.15, 0.2) is 53.9 Å². The van der Waals surface area contributed by atoms with Crippen LogP contribution in [0.1, 0.15) is 18.5 Å². The number of rotatable bonds is 4. The van der Waals surface area contributed by atoms with Crippen LogP contribution in [-0.2, 0) is 10.0 Å². The standard InChI is InChI=1S/C21H18Cl2N4O2S/c1-26-21-19(17(12-30(26,28)29)24-15-10-11-15)25-27(18-5-3-2-4-16(18)23)20(21)13-6-8-14(22)9-7-13/h2-9,12,15,24H,10-11H2,1H3. The van der Waals surface area contributed by atoms with Crippen LogP contribution < -0.4 is 9.62 Å². The fraction of sp³-hybridized carbons (Fsp3) is 0.190. The van der Waals surface area contributed by atoms with E-state index < -0.39 is 10.0 Å². The summed E-state index contributed by atoms with van der Waals surface area (Å²) < 4.78 is 28.8. The van der Waals surface area contributed by atoms with Crippen LogP contribution in [0.25, 0.3) is 22.6 Å². The van der Waals surface area contributed by atoms with Crippen molar-refractivity contribution in [1.29, 1.82) is 0 Å². The third-order valence-corrected chi connectivity index (χ3v) is 7.27. The third kappa shape index (κ3) is 3.27. The number of halogens is 2. The highest BCUT2D eigenvalue weighted by Crippen LogP contribution is 2.43. The highest BCUT2D eigenvalue weighted by atomic mass is 35.5. The Kier molecular flexibility index (Phi) is 4.57. The SMILES string of the molecule is CN1c2c(nn(-c3ccccc3Cl)c2-c2ccc(Cl)cc2)C(NC2CC2)=CS1(=O)=O. The second kappa shape index (κ2) is 7.04. The number of sulfonamides is 1. The molecule has 1 N–H and O–H groups in total. The number of nitrogens with one attached hydrogen (secondary N) is 1. The molecule has 5 rings (SSSR count). The van der Waals surface area contributed by atoms with Crippen LogP contribution in [0, 0.1) is 0 Å². The van der Waals surface area contributed by atoms with E-state index in [9.17, 15) is 8.42 Å². The van der Waals surface area contributed by atoms with E-state index in [1.165, 1.54) is 16.8 Å². The lowest BCUT2D eigenvalue weighted by Crippen LogP contribution is -2.31. The Balaban J connectivity index is 1.82. The van der Waals surface area contributed by atoms with Crippen molar-refractivity contribution in [3.63, 3.8) is 0 Å². The van der Waals surface area contributed by atoms with Crippen molar-refractivity contribution in [1.82, 2.24) is 15.1 Å². The molecular weight excluding hydrogens is 443 g/mol. The molecule has 9 heteroatoms. The van der Waals surface area contributed by atoms with Crippen LogP contribution in [0.4, 0.5) is 5.69 Å². The Hall–Kier alpha value is -2.48. The lowest BCUT2D eigenvalue weighted by molar-refractivity contribution is 0.602. The summed E-state index contributed by atoms with van der Waals surface area (Å²) in [7, 11) is -2.12. The number of benzene rings is 2. The number of para-hydroxylation sites is 1. The second-order valence-corrected chi connectivity index (χ2v) is 10.0. The van der Waals surface area contributed by atoms with Crippen molar-refractivity contribution in [2.75, 3.05) is 11.4 Å². The van der Waals surface area contributed by atoms with Gasteiger partial charge in [-0.3, -0.25) is 4.31 Å². The maximum absolute atomic E-state index is 12.9. The topological polar surface area (TPSA) is 67.2 Å². The minimum Gasteiger partial charge on any atom is -0.380 e. The molecule has 30 heavy (non-hydrogen) atoms. The molecule has 0 bridgehead atoms. The molecule has 1 aliphatic carbocycles. The van der Waals surface area contributed by atoms with E-state index in [0.717, 1.165) is 18.4 Å². The van der Waals surface area contributed by atoms with Gasteiger partial charge >= 0.3 is 0 Å². The van der Waals surface area contributed by atoms with Crippen LogP contribution in [0.5, 0.6) is 0 Å². The first kappa shape index (κ1) is 19.5. The average Bonchev–Trinajstić information content (AvgIpc) is 3.44. The van der Waals surface area contributed by atoms with Gasteiger partial charge < -0.3 is 5.32 Å². The molecule has 6 nitrogen and oxygen atoms in total. The third-order valence-electron chi connectivity index (χ3n) is 5.21. The van der Waals surface area contributed by atoms with Crippen molar-refractivity contribution < 1.29 is 8.42 Å². The summed E-state index contributed by atoms with van der Waals surface area (Å²) in [6.07, 6.45) is 2.02. The Morgan fingerprint density at radius 3 is 2.43 bits per heavy atom. The molecule has 0 radical (unpaired) electrons. The van der Waals surface area contributed by atoms with Crippen LogP contribution in [0.2, 0.25) is 10.0 Å². The summed E-state index contributed by atoms with van der Waals surface area (Å²) in [6.45, 7) is 0. The molecule has 154 valence electrons.